The summed E-state index contributed by atoms with van der Waals surface area (Å²) in [6.07, 6.45) is 6.92. The first kappa shape index (κ1) is 18.9. The number of esters is 1. The first-order chi connectivity index (χ1) is 12.6. The molecule has 2 fully saturated rings. The summed E-state index contributed by atoms with van der Waals surface area (Å²) >= 11 is 6.48. The van der Waals surface area contributed by atoms with Crippen molar-refractivity contribution in [1.29, 1.82) is 0 Å². The van der Waals surface area contributed by atoms with Gasteiger partial charge in [0.05, 0.1) is 12.0 Å². The third-order valence-corrected chi connectivity index (χ3v) is 5.80. The summed E-state index contributed by atoms with van der Waals surface area (Å²) in [7, 11) is 1.60. The second-order valence-corrected chi connectivity index (χ2v) is 7.97. The van der Waals surface area contributed by atoms with Gasteiger partial charge in [-0.1, -0.05) is 42.5 Å². The highest BCUT2D eigenvalue weighted by Gasteiger charge is 2.34. The number of benzene rings is 1. The number of ether oxygens (including phenoxy) is 2. The van der Waals surface area contributed by atoms with Crippen molar-refractivity contribution in [1.82, 2.24) is 4.90 Å². The van der Waals surface area contributed by atoms with E-state index in [1.165, 1.54) is 23.1 Å². The van der Waals surface area contributed by atoms with Crippen LogP contribution >= 0.6 is 24.0 Å². The molecule has 1 heterocycles. The molecule has 1 aromatic rings. The van der Waals surface area contributed by atoms with Gasteiger partial charge in [-0.3, -0.25) is 14.5 Å². The molecule has 0 atom stereocenters. The third kappa shape index (κ3) is 4.65. The van der Waals surface area contributed by atoms with Crippen LogP contribution in [0.15, 0.2) is 29.2 Å². The van der Waals surface area contributed by atoms with E-state index in [1.807, 2.05) is 24.3 Å². The van der Waals surface area contributed by atoms with Gasteiger partial charge in [0.15, 0.2) is 0 Å². The maximum absolute atomic E-state index is 12.6. The van der Waals surface area contributed by atoms with Crippen molar-refractivity contribution in [2.24, 2.45) is 0 Å². The number of methoxy groups -OCH3 is 1. The Kier molecular flexibility index (Phi) is 6.32. The van der Waals surface area contributed by atoms with E-state index in [0.29, 0.717) is 9.23 Å². The van der Waals surface area contributed by atoms with Crippen LogP contribution in [0.2, 0.25) is 0 Å². The minimum absolute atomic E-state index is 0.0236. The first-order valence-electron chi connectivity index (χ1n) is 8.66. The van der Waals surface area contributed by atoms with Gasteiger partial charge in [-0.05, 0) is 49.5 Å². The van der Waals surface area contributed by atoms with Gasteiger partial charge in [-0.2, -0.15) is 0 Å². The number of hydrogen-bond acceptors (Lipinski definition) is 6. The average molecular weight is 392 g/mol. The first-order valence-corrected chi connectivity index (χ1v) is 9.88. The summed E-state index contributed by atoms with van der Waals surface area (Å²) in [5.41, 5.74) is 0.871. The summed E-state index contributed by atoms with van der Waals surface area (Å²) in [5, 5.41) is 0. The number of thioether (sulfide) groups is 1. The highest BCUT2D eigenvalue weighted by Crippen LogP contribution is 2.32. The minimum atomic E-state index is -0.390. The quantitative estimate of drug-likeness (QED) is 0.433. The molecule has 0 unspecified atom stereocenters. The number of hydrogen-bond donors (Lipinski definition) is 0. The summed E-state index contributed by atoms with van der Waals surface area (Å²) < 4.78 is 11.0. The lowest BCUT2D eigenvalue weighted by molar-refractivity contribution is -0.152. The van der Waals surface area contributed by atoms with Gasteiger partial charge >= 0.3 is 5.97 Å². The van der Waals surface area contributed by atoms with Crippen LogP contribution in [0.25, 0.3) is 6.08 Å². The zero-order valence-corrected chi connectivity index (χ0v) is 16.2. The van der Waals surface area contributed by atoms with Gasteiger partial charge in [-0.25, -0.2) is 0 Å². The monoisotopic (exact) mass is 391 g/mol. The van der Waals surface area contributed by atoms with E-state index in [-0.39, 0.29) is 24.5 Å². The Balaban J connectivity index is 1.62. The molecule has 7 heteroatoms. The number of carbonyl (C=O) groups excluding carboxylic acids is 2. The topological polar surface area (TPSA) is 55.8 Å². The van der Waals surface area contributed by atoms with Gasteiger partial charge in [0.25, 0.3) is 5.91 Å². The van der Waals surface area contributed by atoms with Gasteiger partial charge in [0.1, 0.15) is 22.7 Å². The van der Waals surface area contributed by atoms with E-state index in [4.69, 9.17) is 21.7 Å². The van der Waals surface area contributed by atoms with Crippen LogP contribution in [0.4, 0.5) is 0 Å². The summed E-state index contributed by atoms with van der Waals surface area (Å²) in [6, 6.07) is 7.38. The van der Waals surface area contributed by atoms with Crippen LogP contribution in [0.3, 0.4) is 0 Å². The fourth-order valence-electron chi connectivity index (χ4n) is 3.02. The summed E-state index contributed by atoms with van der Waals surface area (Å²) in [6.45, 7) is -0.124. The van der Waals surface area contributed by atoms with E-state index in [1.54, 1.807) is 13.2 Å². The molecule has 26 heavy (non-hydrogen) atoms. The molecule has 1 amide bonds. The van der Waals surface area contributed by atoms with Crippen molar-refractivity contribution in [2.75, 3.05) is 13.7 Å². The highest BCUT2D eigenvalue weighted by molar-refractivity contribution is 8.26. The van der Waals surface area contributed by atoms with Crippen molar-refractivity contribution in [3.8, 4) is 5.75 Å². The standard InChI is InChI=1S/C19H21NO4S2/c1-23-14-9-7-13(8-10-14)11-16-18(22)20(19(25)26-16)12-17(21)24-15-5-3-2-4-6-15/h7-11,15H,2-6,12H2,1H3/b16-11-. The van der Waals surface area contributed by atoms with Crippen LogP contribution in [0, 0.1) is 0 Å². The van der Waals surface area contributed by atoms with Gasteiger partial charge in [0, 0.05) is 0 Å². The minimum Gasteiger partial charge on any atom is -0.497 e. The van der Waals surface area contributed by atoms with Gasteiger partial charge in [0.2, 0.25) is 0 Å². The molecule has 0 aromatic heterocycles. The van der Waals surface area contributed by atoms with Gasteiger partial charge < -0.3 is 9.47 Å². The molecule has 3 rings (SSSR count). The van der Waals surface area contributed by atoms with E-state index < -0.39 is 0 Å². The van der Waals surface area contributed by atoms with E-state index >= 15 is 0 Å². The smallest absolute Gasteiger partial charge is 0.326 e. The molecule has 1 aliphatic carbocycles. The number of amides is 1. The number of thiocarbonyl (C=S) groups is 1. The maximum atomic E-state index is 12.6. The van der Waals surface area contributed by atoms with Crippen LogP contribution < -0.4 is 4.74 Å². The lowest BCUT2D eigenvalue weighted by atomic mass is 9.98. The Morgan fingerprint density at radius 3 is 2.62 bits per heavy atom. The SMILES string of the molecule is COc1ccc(/C=C2\SC(=S)N(CC(=O)OC3CCCCC3)C2=O)cc1. The van der Waals surface area contributed by atoms with Crippen molar-refractivity contribution in [3.63, 3.8) is 0 Å². The lowest BCUT2D eigenvalue weighted by Gasteiger charge is -2.23. The fourth-order valence-corrected chi connectivity index (χ4v) is 4.28. The molecule has 0 spiro atoms. The summed E-state index contributed by atoms with van der Waals surface area (Å²) in [4.78, 5) is 26.6. The van der Waals surface area contributed by atoms with E-state index in [0.717, 1.165) is 37.0 Å². The molecule has 5 nitrogen and oxygen atoms in total. The fraction of sp³-hybridized carbons (Fsp3) is 0.421. The Bertz CT molecular complexity index is 724. The zero-order chi connectivity index (χ0) is 18.5. The maximum Gasteiger partial charge on any atom is 0.326 e. The molecule has 2 aliphatic rings. The largest absolute Gasteiger partial charge is 0.497 e. The second-order valence-electron chi connectivity index (χ2n) is 6.29. The Morgan fingerprint density at radius 1 is 1.27 bits per heavy atom. The third-order valence-electron chi connectivity index (χ3n) is 4.42. The average Bonchev–Trinajstić information content (AvgIpc) is 2.90. The van der Waals surface area contributed by atoms with Crippen LogP contribution in [-0.2, 0) is 14.3 Å². The van der Waals surface area contributed by atoms with E-state index in [2.05, 4.69) is 0 Å². The second kappa shape index (κ2) is 8.68. The van der Waals surface area contributed by atoms with Crippen molar-refractivity contribution in [3.05, 3.63) is 34.7 Å². The van der Waals surface area contributed by atoms with Crippen LogP contribution in [0.1, 0.15) is 37.7 Å². The molecule has 1 saturated heterocycles. The molecule has 1 saturated carbocycles. The summed E-state index contributed by atoms with van der Waals surface area (Å²) in [5.74, 6) is 0.107. The Morgan fingerprint density at radius 2 is 1.96 bits per heavy atom. The molecule has 1 aliphatic heterocycles. The Hall–Kier alpha value is -1.86. The van der Waals surface area contributed by atoms with Crippen molar-refractivity contribution < 1.29 is 19.1 Å². The predicted octanol–water partition coefficient (Wildman–Crippen LogP) is 3.77. The molecule has 138 valence electrons. The molecular formula is C19H21NO4S2. The number of rotatable bonds is 5. The van der Waals surface area contributed by atoms with Crippen molar-refractivity contribution in [2.45, 2.75) is 38.2 Å². The van der Waals surface area contributed by atoms with Crippen LogP contribution in [-0.4, -0.2) is 40.9 Å². The zero-order valence-electron chi connectivity index (χ0n) is 14.6. The molecular weight excluding hydrogens is 370 g/mol. The Labute approximate surface area is 162 Å². The van der Waals surface area contributed by atoms with Gasteiger partial charge in [-0.15, -0.1) is 0 Å². The molecule has 0 bridgehead atoms. The predicted molar refractivity (Wildman–Crippen MR) is 106 cm³/mol. The highest BCUT2D eigenvalue weighted by atomic mass is 32.2. The molecule has 0 N–H and O–H groups in total. The number of nitrogens with zero attached hydrogens (tertiary/aromatic N) is 1. The molecule has 0 radical (unpaired) electrons. The number of carbonyl (C=O) groups is 2. The molecule has 1 aromatic carbocycles. The normalized spacial score (nSPS) is 19.9. The van der Waals surface area contributed by atoms with E-state index in [9.17, 15) is 9.59 Å². The van der Waals surface area contributed by atoms with Crippen LogP contribution in [0.5, 0.6) is 5.75 Å². The lowest BCUT2D eigenvalue weighted by Crippen LogP contribution is -2.36. The van der Waals surface area contributed by atoms with Crippen molar-refractivity contribution >= 4 is 46.3 Å².